The summed E-state index contributed by atoms with van der Waals surface area (Å²) in [6.07, 6.45) is 1.68. The molecule has 0 aliphatic heterocycles. The van der Waals surface area contributed by atoms with E-state index in [-0.39, 0.29) is 12.5 Å². The second-order valence-electron chi connectivity index (χ2n) is 6.69. The highest BCUT2D eigenvalue weighted by Gasteiger charge is 2.18. The number of benzene rings is 3. The van der Waals surface area contributed by atoms with Gasteiger partial charge in [0.25, 0.3) is 11.8 Å². The van der Waals surface area contributed by atoms with Crippen molar-refractivity contribution in [1.29, 1.82) is 0 Å². The molecule has 0 unspecified atom stereocenters. The van der Waals surface area contributed by atoms with Crippen molar-refractivity contribution in [3.05, 3.63) is 97.6 Å². The Kier molecular flexibility index (Phi) is 6.18. The predicted molar refractivity (Wildman–Crippen MR) is 120 cm³/mol. The minimum absolute atomic E-state index is 0.139. The summed E-state index contributed by atoms with van der Waals surface area (Å²) < 4.78 is 11.7. The molecule has 6 nitrogen and oxygen atoms in total. The molecule has 0 bridgehead atoms. The van der Waals surface area contributed by atoms with Gasteiger partial charge in [-0.05, 0) is 36.4 Å². The van der Waals surface area contributed by atoms with Crippen LogP contribution in [0.25, 0.3) is 22.9 Å². The normalized spacial score (nSPS) is 10.5. The van der Waals surface area contributed by atoms with E-state index >= 15 is 0 Å². The Morgan fingerprint density at radius 2 is 1.55 bits per heavy atom. The van der Waals surface area contributed by atoms with Crippen LogP contribution in [0.4, 0.5) is 5.69 Å². The third-order valence-electron chi connectivity index (χ3n) is 4.59. The van der Waals surface area contributed by atoms with Crippen molar-refractivity contribution in [3.8, 4) is 28.7 Å². The molecule has 0 atom stereocenters. The Bertz CT molecular complexity index is 1160. The maximum atomic E-state index is 12.8. The SMILES string of the molecule is C=CCN(C(=O)COc1ccccc1-c1nnc(-c2ccccc2)o1)c1ccccc1. The molecule has 0 aliphatic rings. The summed E-state index contributed by atoms with van der Waals surface area (Å²) in [7, 11) is 0. The molecule has 1 aromatic heterocycles. The van der Waals surface area contributed by atoms with Gasteiger partial charge in [0.05, 0.1) is 5.56 Å². The number of anilines is 1. The smallest absolute Gasteiger partial charge is 0.265 e. The molecule has 4 aromatic rings. The zero-order valence-corrected chi connectivity index (χ0v) is 16.8. The standard InChI is InChI=1S/C25H21N3O3/c1-2-17-28(20-13-7-4-8-14-20)23(29)18-30-22-16-10-9-15-21(22)25-27-26-24(31-25)19-11-5-3-6-12-19/h2-16H,1,17-18H2. The molecule has 154 valence electrons. The maximum absolute atomic E-state index is 12.8. The highest BCUT2D eigenvalue weighted by atomic mass is 16.5. The highest BCUT2D eigenvalue weighted by Crippen LogP contribution is 2.31. The number of aromatic nitrogens is 2. The van der Waals surface area contributed by atoms with Gasteiger partial charge in [0, 0.05) is 17.8 Å². The molecule has 6 heteroatoms. The van der Waals surface area contributed by atoms with Gasteiger partial charge < -0.3 is 14.1 Å². The van der Waals surface area contributed by atoms with Gasteiger partial charge in [-0.3, -0.25) is 4.79 Å². The van der Waals surface area contributed by atoms with Gasteiger partial charge in [0.2, 0.25) is 5.89 Å². The lowest BCUT2D eigenvalue weighted by Gasteiger charge is -2.21. The molecule has 1 amide bonds. The van der Waals surface area contributed by atoms with Crippen molar-refractivity contribution in [1.82, 2.24) is 10.2 Å². The molecule has 0 aliphatic carbocycles. The van der Waals surface area contributed by atoms with E-state index in [1.807, 2.05) is 78.9 Å². The molecule has 0 N–H and O–H groups in total. The summed E-state index contributed by atoms with van der Waals surface area (Å²) >= 11 is 0. The highest BCUT2D eigenvalue weighted by molar-refractivity contribution is 5.94. The number of hydrogen-bond donors (Lipinski definition) is 0. The second-order valence-corrected chi connectivity index (χ2v) is 6.69. The van der Waals surface area contributed by atoms with Crippen LogP contribution in [0, 0.1) is 0 Å². The van der Waals surface area contributed by atoms with Crippen LogP contribution >= 0.6 is 0 Å². The number of nitrogens with zero attached hydrogens (tertiary/aromatic N) is 3. The van der Waals surface area contributed by atoms with Crippen LogP contribution in [0.15, 0.2) is 102 Å². The van der Waals surface area contributed by atoms with Crippen molar-refractivity contribution in [3.63, 3.8) is 0 Å². The maximum Gasteiger partial charge on any atom is 0.265 e. The summed E-state index contributed by atoms with van der Waals surface area (Å²) in [5, 5.41) is 8.29. The summed E-state index contributed by atoms with van der Waals surface area (Å²) in [6.45, 7) is 3.99. The topological polar surface area (TPSA) is 68.5 Å². The fourth-order valence-corrected chi connectivity index (χ4v) is 3.10. The fourth-order valence-electron chi connectivity index (χ4n) is 3.10. The zero-order valence-electron chi connectivity index (χ0n) is 16.8. The molecule has 0 radical (unpaired) electrons. The van der Waals surface area contributed by atoms with Crippen molar-refractivity contribution in [2.75, 3.05) is 18.1 Å². The average molecular weight is 411 g/mol. The van der Waals surface area contributed by atoms with E-state index in [1.54, 1.807) is 17.0 Å². The summed E-state index contributed by atoms with van der Waals surface area (Å²) in [5.41, 5.74) is 2.24. The van der Waals surface area contributed by atoms with Crippen LogP contribution in [0.2, 0.25) is 0 Å². The second kappa shape index (κ2) is 9.54. The molecule has 0 saturated heterocycles. The van der Waals surface area contributed by atoms with Gasteiger partial charge in [-0.25, -0.2) is 0 Å². The van der Waals surface area contributed by atoms with Crippen molar-refractivity contribution < 1.29 is 13.9 Å². The van der Waals surface area contributed by atoms with Crippen LogP contribution < -0.4 is 9.64 Å². The first-order valence-electron chi connectivity index (χ1n) is 9.83. The van der Waals surface area contributed by atoms with Crippen LogP contribution in [-0.4, -0.2) is 29.3 Å². The Morgan fingerprint density at radius 1 is 0.903 bits per heavy atom. The number of para-hydroxylation sites is 2. The number of hydrogen-bond acceptors (Lipinski definition) is 5. The van der Waals surface area contributed by atoms with E-state index in [2.05, 4.69) is 16.8 Å². The first-order valence-corrected chi connectivity index (χ1v) is 9.83. The van der Waals surface area contributed by atoms with E-state index < -0.39 is 0 Å². The number of carbonyl (C=O) groups is 1. The number of rotatable bonds is 8. The first-order chi connectivity index (χ1) is 15.3. The number of amides is 1. The Morgan fingerprint density at radius 3 is 2.29 bits per heavy atom. The molecule has 1 heterocycles. The molecule has 4 rings (SSSR count). The minimum atomic E-state index is -0.184. The van der Waals surface area contributed by atoms with Gasteiger partial charge in [-0.2, -0.15) is 0 Å². The van der Waals surface area contributed by atoms with Crippen LogP contribution in [0.3, 0.4) is 0 Å². The van der Waals surface area contributed by atoms with Crippen LogP contribution in [0.1, 0.15) is 0 Å². The zero-order chi connectivity index (χ0) is 21.5. The molecule has 0 fully saturated rings. The van der Waals surface area contributed by atoms with Gasteiger partial charge in [0.1, 0.15) is 5.75 Å². The number of ether oxygens (including phenoxy) is 1. The average Bonchev–Trinajstić information content (AvgIpc) is 3.32. The molecule has 0 spiro atoms. The summed E-state index contributed by atoms with van der Waals surface area (Å²) in [4.78, 5) is 14.5. The van der Waals surface area contributed by atoms with Gasteiger partial charge in [0.15, 0.2) is 6.61 Å². The monoisotopic (exact) mass is 411 g/mol. The fraction of sp³-hybridized carbons (Fsp3) is 0.0800. The van der Waals surface area contributed by atoms with E-state index in [0.717, 1.165) is 11.3 Å². The quantitative estimate of drug-likeness (QED) is 0.382. The van der Waals surface area contributed by atoms with Crippen molar-refractivity contribution in [2.45, 2.75) is 0 Å². The lowest BCUT2D eigenvalue weighted by atomic mass is 10.2. The van der Waals surface area contributed by atoms with Crippen molar-refractivity contribution in [2.24, 2.45) is 0 Å². The first kappa shape index (κ1) is 20.1. The van der Waals surface area contributed by atoms with E-state index in [1.165, 1.54) is 0 Å². The van der Waals surface area contributed by atoms with Crippen molar-refractivity contribution >= 4 is 11.6 Å². The number of carbonyl (C=O) groups excluding carboxylic acids is 1. The van der Waals surface area contributed by atoms with Crippen LogP contribution in [-0.2, 0) is 4.79 Å². The lowest BCUT2D eigenvalue weighted by molar-refractivity contribution is -0.120. The summed E-state index contributed by atoms with van der Waals surface area (Å²) in [5.74, 6) is 1.05. The largest absolute Gasteiger partial charge is 0.483 e. The third kappa shape index (κ3) is 4.70. The Hall–Kier alpha value is -4.19. The molecular formula is C25H21N3O3. The van der Waals surface area contributed by atoms with Crippen LogP contribution in [0.5, 0.6) is 5.75 Å². The molecule has 3 aromatic carbocycles. The van der Waals surface area contributed by atoms with E-state index in [0.29, 0.717) is 29.6 Å². The molecule has 0 saturated carbocycles. The molecular weight excluding hydrogens is 390 g/mol. The predicted octanol–water partition coefficient (Wildman–Crippen LogP) is 5.00. The Labute approximate surface area is 180 Å². The summed E-state index contributed by atoms with van der Waals surface area (Å²) in [6, 6.07) is 26.2. The Balaban J connectivity index is 1.52. The van der Waals surface area contributed by atoms with E-state index in [9.17, 15) is 4.79 Å². The van der Waals surface area contributed by atoms with Gasteiger partial charge in [-0.1, -0.05) is 54.6 Å². The van der Waals surface area contributed by atoms with Gasteiger partial charge >= 0.3 is 0 Å². The van der Waals surface area contributed by atoms with Gasteiger partial charge in [-0.15, -0.1) is 16.8 Å². The molecule has 31 heavy (non-hydrogen) atoms. The third-order valence-corrected chi connectivity index (χ3v) is 4.59. The van der Waals surface area contributed by atoms with E-state index in [4.69, 9.17) is 9.15 Å². The minimum Gasteiger partial charge on any atom is -0.483 e. The lowest BCUT2D eigenvalue weighted by Crippen LogP contribution is -2.35.